The number of fused-ring (bicyclic) bond motifs is 1. The fourth-order valence-electron chi connectivity index (χ4n) is 2.10. The molecule has 1 aliphatic rings. The van der Waals surface area contributed by atoms with E-state index in [-0.39, 0.29) is 5.82 Å². The predicted octanol–water partition coefficient (Wildman–Crippen LogP) is 3.27. The van der Waals surface area contributed by atoms with Gasteiger partial charge in [-0.15, -0.1) is 0 Å². The highest BCUT2D eigenvalue weighted by molar-refractivity contribution is 5.35. The molecule has 1 unspecified atom stereocenters. The van der Waals surface area contributed by atoms with E-state index >= 15 is 0 Å². The van der Waals surface area contributed by atoms with E-state index in [1.165, 1.54) is 24.0 Å². The summed E-state index contributed by atoms with van der Waals surface area (Å²) in [7, 11) is 0. The Morgan fingerprint density at radius 1 is 1.50 bits per heavy atom. The van der Waals surface area contributed by atoms with Crippen LogP contribution in [0.2, 0.25) is 0 Å². The molecule has 0 N–H and O–H groups in total. The van der Waals surface area contributed by atoms with Crippen LogP contribution in [0.25, 0.3) is 0 Å². The van der Waals surface area contributed by atoms with Gasteiger partial charge in [-0.3, -0.25) is 0 Å². The lowest BCUT2D eigenvalue weighted by atomic mass is 9.99. The first-order chi connectivity index (χ1) is 5.81. The molecule has 12 heavy (non-hydrogen) atoms. The van der Waals surface area contributed by atoms with Crippen molar-refractivity contribution in [2.24, 2.45) is 0 Å². The normalized spacial score (nSPS) is 21.0. The fraction of sp³-hybridized carbons (Fsp3) is 0.455. The molecular weight excluding hydrogens is 151 g/mol. The topological polar surface area (TPSA) is 0 Å². The first-order valence-electron chi connectivity index (χ1n) is 4.59. The Morgan fingerprint density at radius 2 is 2.33 bits per heavy atom. The van der Waals surface area contributed by atoms with Gasteiger partial charge in [0.2, 0.25) is 0 Å². The molecule has 0 aliphatic heterocycles. The summed E-state index contributed by atoms with van der Waals surface area (Å²) in [6.07, 6.45) is 3.44. The van der Waals surface area contributed by atoms with Crippen molar-refractivity contribution in [3.63, 3.8) is 0 Å². The van der Waals surface area contributed by atoms with Crippen molar-refractivity contribution in [2.45, 2.75) is 32.1 Å². The molecule has 0 fully saturated rings. The summed E-state index contributed by atoms with van der Waals surface area (Å²) >= 11 is 0. The second kappa shape index (κ2) is 2.89. The van der Waals surface area contributed by atoms with Crippen LogP contribution in [0, 0.1) is 5.82 Å². The predicted molar refractivity (Wildman–Crippen MR) is 47.8 cm³/mol. The van der Waals surface area contributed by atoms with Gasteiger partial charge in [0.25, 0.3) is 0 Å². The number of benzene rings is 1. The maximum atomic E-state index is 12.8. The van der Waals surface area contributed by atoms with E-state index in [1.54, 1.807) is 12.1 Å². The highest BCUT2D eigenvalue weighted by Gasteiger charge is 2.20. The Morgan fingerprint density at radius 3 is 3.08 bits per heavy atom. The van der Waals surface area contributed by atoms with Gasteiger partial charge in [-0.25, -0.2) is 4.39 Å². The van der Waals surface area contributed by atoms with Gasteiger partial charge in [-0.2, -0.15) is 0 Å². The first kappa shape index (κ1) is 7.78. The van der Waals surface area contributed by atoms with E-state index in [0.29, 0.717) is 5.92 Å². The van der Waals surface area contributed by atoms with E-state index in [1.807, 2.05) is 6.07 Å². The van der Waals surface area contributed by atoms with Crippen molar-refractivity contribution in [3.05, 3.63) is 35.1 Å². The molecule has 1 atom stereocenters. The molecule has 0 spiro atoms. The van der Waals surface area contributed by atoms with Gasteiger partial charge in [0, 0.05) is 0 Å². The van der Waals surface area contributed by atoms with Gasteiger partial charge < -0.3 is 0 Å². The summed E-state index contributed by atoms with van der Waals surface area (Å²) in [5, 5.41) is 0. The molecule has 0 saturated heterocycles. The lowest BCUT2D eigenvalue weighted by Crippen LogP contribution is -1.90. The van der Waals surface area contributed by atoms with Gasteiger partial charge in [0.1, 0.15) is 5.82 Å². The maximum Gasteiger partial charge on any atom is 0.123 e. The van der Waals surface area contributed by atoms with Crippen LogP contribution in [-0.4, -0.2) is 0 Å². The van der Waals surface area contributed by atoms with E-state index < -0.39 is 0 Å². The zero-order valence-electron chi connectivity index (χ0n) is 7.31. The van der Waals surface area contributed by atoms with Crippen LogP contribution in [-0.2, 0) is 6.42 Å². The number of halogens is 1. The molecule has 1 heteroatoms. The van der Waals surface area contributed by atoms with Crippen LogP contribution < -0.4 is 0 Å². The van der Waals surface area contributed by atoms with Crippen LogP contribution in [0.4, 0.5) is 4.39 Å². The highest BCUT2D eigenvalue weighted by atomic mass is 19.1. The van der Waals surface area contributed by atoms with Crippen molar-refractivity contribution in [3.8, 4) is 0 Å². The van der Waals surface area contributed by atoms with Gasteiger partial charge in [0.15, 0.2) is 0 Å². The lowest BCUT2D eigenvalue weighted by Gasteiger charge is -2.06. The van der Waals surface area contributed by atoms with Gasteiger partial charge >= 0.3 is 0 Å². The minimum atomic E-state index is -0.0921. The van der Waals surface area contributed by atoms with Gasteiger partial charge in [-0.1, -0.05) is 13.0 Å². The molecule has 0 bridgehead atoms. The summed E-state index contributed by atoms with van der Waals surface area (Å²) in [4.78, 5) is 0. The van der Waals surface area contributed by atoms with Gasteiger partial charge in [0.05, 0.1) is 0 Å². The van der Waals surface area contributed by atoms with E-state index in [2.05, 4.69) is 6.92 Å². The summed E-state index contributed by atoms with van der Waals surface area (Å²) in [6, 6.07) is 5.21. The Balaban J connectivity index is 2.40. The quantitative estimate of drug-likeness (QED) is 0.597. The third kappa shape index (κ3) is 1.13. The Hall–Kier alpha value is -0.850. The summed E-state index contributed by atoms with van der Waals surface area (Å²) < 4.78 is 12.8. The molecule has 1 aromatic rings. The molecule has 0 radical (unpaired) electrons. The Labute approximate surface area is 72.4 Å². The van der Waals surface area contributed by atoms with Crippen molar-refractivity contribution in [1.29, 1.82) is 0 Å². The molecule has 0 heterocycles. The number of hydrogen-bond donors (Lipinski definition) is 0. The number of aryl methyl sites for hydroxylation is 1. The molecule has 1 aromatic carbocycles. The molecule has 0 nitrogen and oxygen atoms in total. The monoisotopic (exact) mass is 164 g/mol. The largest absolute Gasteiger partial charge is 0.207 e. The van der Waals surface area contributed by atoms with E-state index in [9.17, 15) is 4.39 Å². The van der Waals surface area contributed by atoms with Crippen molar-refractivity contribution in [2.75, 3.05) is 0 Å². The van der Waals surface area contributed by atoms with Crippen LogP contribution in [0.15, 0.2) is 18.2 Å². The van der Waals surface area contributed by atoms with Crippen LogP contribution in [0.3, 0.4) is 0 Å². The summed E-state index contributed by atoms with van der Waals surface area (Å²) in [6.45, 7) is 2.20. The number of hydrogen-bond acceptors (Lipinski definition) is 0. The Kier molecular flexibility index (Phi) is 1.87. The first-order valence-corrected chi connectivity index (χ1v) is 4.59. The van der Waals surface area contributed by atoms with E-state index in [0.717, 1.165) is 6.42 Å². The average molecular weight is 164 g/mol. The third-order valence-corrected chi connectivity index (χ3v) is 2.80. The molecule has 0 amide bonds. The average Bonchev–Trinajstić information content (AvgIpc) is 2.46. The second-order valence-electron chi connectivity index (χ2n) is 3.49. The second-order valence-corrected chi connectivity index (χ2v) is 3.49. The standard InChI is InChI=1S/C11H13F/c1-2-8-3-4-9-7-10(12)5-6-11(8)9/h5-8H,2-4H2,1H3. The van der Waals surface area contributed by atoms with Crippen molar-refractivity contribution >= 4 is 0 Å². The zero-order chi connectivity index (χ0) is 8.55. The van der Waals surface area contributed by atoms with Crippen LogP contribution >= 0.6 is 0 Å². The van der Waals surface area contributed by atoms with Gasteiger partial charge in [-0.05, 0) is 48.4 Å². The van der Waals surface area contributed by atoms with Crippen LogP contribution in [0.5, 0.6) is 0 Å². The fourth-order valence-corrected chi connectivity index (χ4v) is 2.10. The summed E-state index contributed by atoms with van der Waals surface area (Å²) in [5.41, 5.74) is 2.60. The zero-order valence-corrected chi connectivity index (χ0v) is 7.31. The molecule has 1 aliphatic carbocycles. The molecule has 0 aromatic heterocycles. The third-order valence-electron chi connectivity index (χ3n) is 2.80. The lowest BCUT2D eigenvalue weighted by molar-refractivity contribution is 0.625. The molecule has 64 valence electrons. The van der Waals surface area contributed by atoms with Crippen molar-refractivity contribution < 1.29 is 4.39 Å². The van der Waals surface area contributed by atoms with Crippen molar-refractivity contribution in [1.82, 2.24) is 0 Å². The highest BCUT2D eigenvalue weighted by Crippen LogP contribution is 2.35. The minimum Gasteiger partial charge on any atom is -0.207 e. The Bertz CT molecular complexity index is 291. The smallest absolute Gasteiger partial charge is 0.123 e. The molecule has 0 saturated carbocycles. The number of rotatable bonds is 1. The summed E-state index contributed by atoms with van der Waals surface area (Å²) in [5.74, 6) is 0.589. The molecule has 2 rings (SSSR count). The minimum absolute atomic E-state index is 0.0921. The maximum absolute atomic E-state index is 12.8. The van der Waals surface area contributed by atoms with E-state index in [4.69, 9.17) is 0 Å². The van der Waals surface area contributed by atoms with Crippen LogP contribution in [0.1, 0.15) is 36.8 Å². The SMILES string of the molecule is CCC1CCc2cc(F)ccc21. The molecular formula is C11H13F.